The van der Waals surface area contributed by atoms with Crippen LogP contribution >= 0.6 is 0 Å². The molecule has 4 heterocycles. The van der Waals surface area contributed by atoms with Crippen molar-refractivity contribution in [3.8, 4) is 0 Å². The van der Waals surface area contributed by atoms with Crippen molar-refractivity contribution in [2.75, 3.05) is 32.8 Å². The van der Waals surface area contributed by atoms with Crippen LogP contribution in [0.2, 0.25) is 0 Å². The lowest BCUT2D eigenvalue weighted by atomic mass is 9.73. The quantitative estimate of drug-likeness (QED) is 0.329. The van der Waals surface area contributed by atoms with Gasteiger partial charge in [-0.1, -0.05) is 55.7 Å². The third kappa shape index (κ3) is 4.55. The molecule has 4 fully saturated rings. The molecule has 2 bridgehead atoms. The van der Waals surface area contributed by atoms with E-state index in [1.807, 2.05) is 42.6 Å². The van der Waals surface area contributed by atoms with Crippen molar-refractivity contribution in [1.29, 1.82) is 0 Å². The molecule has 1 aliphatic carbocycles. The van der Waals surface area contributed by atoms with Crippen LogP contribution in [0.15, 0.2) is 53.6 Å². The molecule has 4 aliphatic rings. The lowest BCUT2D eigenvalue weighted by Crippen LogP contribution is -2.61. The first-order valence-corrected chi connectivity index (χ1v) is 12.9. The highest BCUT2D eigenvalue weighted by Crippen LogP contribution is 2.44. The van der Waals surface area contributed by atoms with Crippen molar-refractivity contribution in [3.63, 3.8) is 0 Å². The minimum atomic E-state index is -1.16. The first-order chi connectivity index (χ1) is 16.1. The van der Waals surface area contributed by atoms with Crippen molar-refractivity contribution >= 4 is 0 Å². The highest BCUT2D eigenvalue weighted by atomic mass is 16.5. The second-order valence-electron chi connectivity index (χ2n) is 10.7. The predicted octanol–water partition coefficient (Wildman–Crippen LogP) is 5.05. The van der Waals surface area contributed by atoms with Crippen LogP contribution in [0.4, 0.5) is 0 Å². The minimum absolute atomic E-state index is 0.143. The Bertz CT molecular complexity index is 912. The van der Waals surface area contributed by atoms with Gasteiger partial charge in [-0.3, -0.25) is 0 Å². The fourth-order valence-electron chi connectivity index (χ4n) is 6.78. The summed E-state index contributed by atoms with van der Waals surface area (Å²) < 4.78 is 13.3. The zero-order chi connectivity index (χ0) is 22.7. The summed E-state index contributed by atoms with van der Waals surface area (Å²) in [6.45, 7) is 9.62. The van der Waals surface area contributed by atoms with Gasteiger partial charge < -0.3 is 18.7 Å². The van der Waals surface area contributed by atoms with Gasteiger partial charge in [0.1, 0.15) is 6.54 Å². The van der Waals surface area contributed by atoms with Crippen LogP contribution in [0.25, 0.3) is 0 Å². The van der Waals surface area contributed by atoms with E-state index >= 15 is 0 Å². The van der Waals surface area contributed by atoms with Crippen molar-refractivity contribution < 1.29 is 18.7 Å². The Balaban J connectivity index is 1.36. The van der Waals surface area contributed by atoms with Gasteiger partial charge in [0.25, 0.3) is 0 Å². The van der Waals surface area contributed by atoms with Gasteiger partial charge in [0.05, 0.1) is 39.0 Å². The van der Waals surface area contributed by atoms with Gasteiger partial charge in [-0.2, -0.15) is 0 Å². The smallest absolute Gasteiger partial charge is 0.231 e. The summed E-state index contributed by atoms with van der Waals surface area (Å²) in [6.07, 6.45) is 11.8. The number of hydrogen-bond donors (Lipinski definition) is 1. The van der Waals surface area contributed by atoms with Crippen molar-refractivity contribution in [3.05, 3.63) is 66.4 Å². The van der Waals surface area contributed by atoms with Crippen LogP contribution in [-0.2, 0) is 16.9 Å². The van der Waals surface area contributed by atoms with Crippen LogP contribution in [0.1, 0.15) is 62.2 Å². The van der Waals surface area contributed by atoms with E-state index < -0.39 is 5.60 Å². The summed E-state index contributed by atoms with van der Waals surface area (Å²) >= 11 is 0. The van der Waals surface area contributed by atoms with Crippen LogP contribution < -0.4 is 0 Å². The predicted molar refractivity (Wildman–Crippen MR) is 128 cm³/mol. The molecule has 5 nitrogen and oxygen atoms in total. The number of rotatable bonds is 9. The van der Waals surface area contributed by atoms with E-state index in [0.717, 1.165) is 67.1 Å². The van der Waals surface area contributed by atoms with Gasteiger partial charge in [-0.05, 0) is 24.3 Å². The molecular formula is C28H39N2O3+. The van der Waals surface area contributed by atoms with Gasteiger partial charge in [0.15, 0.2) is 11.4 Å². The number of ether oxygens (including phenoxy) is 1. The number of hydrogen-bond acceptors (Lipinski definition) is 4. The maximum atomic E-state index is 12.1. The van der Waals surface area contributed by atoms with E-state index in [-0.39, 0.29) is 5.92 Å². The number of benzene rings is 1. The lowest BCUT2D eigenvalue weighted by molar-refractivity contribution is -0.960. The summed E-state index contributed by atoms with van der Waals surface area (Å²) in [5, 5.41) is 12.1. The maximum Gasteiger partial charge on any atom is 0.231 e. The summed E-state index contributed by atoms with van der Waals surface area (Å²) in [6, 6.07) is 10.0. The molecule has 33 heavy (non-hydrogen) atoms. The molecule has 3 aliphatic heterocycles. The molecule has 0 amide bonds. The monoisotopic (exact) mass is 451 g/mol. The Hall–Kier alpha value is -1.95. The Kier molecular flexibility index (Phi) is 6.73. The average Bonchev–Trinajstić information content (AvgIpc) is 3.34. The highest BCUT2D eigenvalue weighted by molar-refractivity contribution is 5.30. The molecule has 5 heteroatoms. The zero-order valence-corrected chi connectivity index (χ0v) is 19.8. The molecule has 2 aromatic rings. The SMILES string of the molecule is C=CCOCC1C[N+]2(Cc3cnc([C@](O)(c4ccccc4)C4CCCCC4)o3)CCC1CC2. The van der Waals surface area contributed by atoms with E-state index in [1.54, 1.807) is 0 Å². The lowest BCUT2D eigenvalue weighted by Gasteiger charge is -2.52. The number of oxazole rings is 1. The number of aromatic nitrogens is 1. The van der Waals surface area contributed by atoms with Crippen molar-refractivity contribution in [2.24, 2.45) is 17.8 Å². The molecule has 3 saturated heterocycles. The van der Waals surface area contributed by atoms with Gasteiger partial charge in [-0.25, -0.2) is 4.98 Å². The van der Waals surface area contributed by atoms with Crippen LogP contribution in [-0.4, -0.2) is 47.4 Å². The van der Waals surface area contributed by atoms with Crippen LogP contribution in [0.5, 0.6) is 0 Å². The number of piperidine rings is 3. The van der Waals surface area contributed by atoms with E-state index in [4.69, 9.17) is 14.1 Å². The number of fused-ring (bicyclic) bond motifs is 3. The fourth-order valence-corrected chi connectivity index (χ4v) is 6.78. The molecule has 0 spiro atoms. The molecule has 1 unspecified atom stereocenters. The van der Waals surface area contributed by atoms with E-state index in [0.29, 0.717) is 18.4 Å². The molecule has 2 atom stereocenters. The second kappa shape index (κ2) is 9.73. The molecule has 1 aromatic carbocycles. The number of quaternary nitrogens is 1. The van der Waals surface area contributed by atoms with Gasteiger partial charge in [-0.15, -0.1) is 6.58 Å². The molecule has 1 N–H and O–H groups in total. The first kappa shape index (κ1) is 22.8. The third-order valence-corrected chi connectivity index (χ3v) is 8.59. The average molecular weight is 452 g/mol. The van der Waals surface area contributed by atoms with Crippen LogP contribution in [0, 0.1) is 17.8 Å². The first-order valence-electron chi connectivity index (χ1n) is 12.9. The van der Waals surface area contributed by atoms with Crippen molar-refractivity contribution in [2.45, 2.75) is 57.1 Å². The Morgan fingerprint density at radius 3 is 2.61 bits per heavy atom. The summed E-state index contributed by atoms with van der Waals surface area (Å²) in [4.78, 5) is 4.70. The van der Waals surface area contributed by atoms with Crippen LogP contribution in [0.3, 0.4) is 0 Å². The molecule has 178 valence electrons. The standard InChI is InChI=1S/C28H39N2O3/c1-2-17-32-21-23-19-30(15-13-22(23)14-16-30)20-26-18-29-27(33-26)28(31,24-9-5-3-6-10-24)25-11-7-4-8-12-25/h2-3,5-6,9-10,18,22-23,25,31H,1,4,7-8,11-17,19-21H2/q+1/t22?,23?,28-,30?/m0/s1. The maximum absolute atomic E-state index is 12.1. The van der Waals surface area contributed by atoms with E-state index in [2.05, 4.69) is 6.58 Å². The number of nitrogens with zero attached hydrogens (tertiary/aromatic N) is 2. The summed E-state index contributed by atoms with van der Waals surface area (Å²) in [7, 11) is 0. The highest BCUT2D eigenvalue weighted by Gasteiger charge is 2.48. The molecule has 1 aromatic heterocycles. The molecule has 6 rings (SSSR count). The van der Waals surface area contributed by atoms with Gasteiger partial charge in [0, 0.05) is 24.7 Å². The fraction of sp³-hybridized carbons (Fsp3) is 0.607. The normalized spacial score (nSPS) is 29.6. The third-order valence-electron chi connectivity index (χ3n) is 8.59. The van der Waals surface area contributed by atoms with E-state index in [9.17, 15) is 5.11 Å². The summed E-state index contributed by atoms with van der Waals surface area (Å²) in [5.41, 5.74) is -0.258. The second-order valence-corrected chi connectivity index (χ2v) is 10.7. The Morgan fingerprint density at radius 1 is 1.12 bits per heavy atom. The molecule has 1 saturated carbocycles. The topological polar surface area (TPSA) is 55.5 Å². The zero-order valence-electron chi connectivity index (χ0n) is 19.8. The number of aliphatic hydroxyl groups is 1. The van der Waals surface area contributed by atoms with Crippen molar-refractivity contribution in [1.82, 2.24) is 4.98 Å². The Labute approximate surface area is 198 Å². The van der Waals surface area contributed by atoms with Gasteiger partial charge >= 0.3 is 0 Å². The Morgan fingerprint density at radius 2 is 1.88 bits per heavy atom. The van der Waals surface area contributed by atoms with Gasteiger partial charge in [0.2, 0.25) is 5.89 Å². The minimum Gasteiger partial charge on any atom is -0.436 e. The molecular weight excluding hydrogens is 412 g/mol. The molecule has 0 radical (unpaired) electrons. The summed E-state index contributed by atoms with van der Waals surface area (Å²) in [5.74, 6) is 2.92. The largest absolute Gasteiger partial charge is 0.436 e. The van der Waals surface area contributed by atoms with E-state index in [1.165, 1.54) is 32.4 Å².